The van der Waals surface area contributed by atoms with E-state index in [1.807, 2.05) is 20.2 Å². The molecule has 0 aliphatic heterocycles. The Hall–Kier alpha value is -0.990. The first-order valence-corrected chi connectivity index (χ1v) is 3.70. The number of hydrogen-bond donors (Lipinski definition) is 0. The highest BCUT2D eigenvalue weighted by molar-refractivity contribution is 7.78. The van der Waals surface area contributed by atoms with E-state index in [0.29, 0.717) is 0 Å². The quantitative estimate of drug-likeness (QED) is 0.494. The summed E-state index contributed by atoms with van der Waals surface area (Å²) in [4.78, 5) is 3.92. The molecule has 0 aliphatic carbocycles. The van der Waals surface area contributed by atoms with Crippen LogP contribution in [0, 0.1) is 0 Å². The van der Waals surface area contributed by atoms with Gasteiger partial charge in [-0.05, 0) is 19.1 Å². The summed E-state index contributed by atoms with van der Waals surface area (Å²) in [6, 6.07) is 0.0706. The number of hydrogen-bond acceptors (Lipinski definition) is 3. The van der Waals surface area contributed by atoms with Gasteiger partial charge in [-0.25, -0.2) is 4.99 Å². The molecule has 0 aliphatic rings. The van der Waals surface area contributed by atoms with Crippen LogP contribution in [0.25, 0.3) is 0 Å². The van der Waals surface area contributed by atoms with Gasteiger partial charge < -0.3 is 0 Å². The zero-order valence-corrected chi connectivity index (χ0v) is 7.30. The third-order valence-electron chi connectivity index (χ3n) is 1.45. The Labute approximate surface area is 70.8 Å². The molecule has 0 N–H and O–H groups in total. The molecule has 0 saturated carbocycles. The largest absolute Gasteiger partial charge is 0.275 e. The van der Waals surface area contributed by atoms with Gasteiger partial charge in [-0.2, -0.15) is 5.10 Å². The van der Waals surface area contributed by atoms with Crippen LogP contribution in [0.2, 0.25) is 0 Å². The first-order valence-electron chi connectivity index (χ1n) is 3.29. The molecule has 0 fully saturated rings. The van der Waals surface area contributed by atoms with Crippen molar-refractivity contribution in [3.8, 4) is 0 Å². The van der Waals surface area contributed by atoms with E-state index in [2.05, 4.69) is 27.5 Å². The minimum absolute atomic E-state index is 0.0706. The lowest BCUT2D eigenvalue weighted by Crippen LogP contribution is -1.87. The number of aryl methyl sites for hydroxylation is 1. The summed E-state index contributed by atoms with van der Waals surface area (Å²) in [6.07, 6.45) is 3.70. The third-order valence-corrected chi connectivity index (χ3v) is 1.56. The summed E-state index contributed by atoms with van der Waals surface area (Å²) in [5, 5.41) is 6.36. The van der Waals surface area contributed by atoms with E-state index >= 15 is 0 Å². The van der Waals surface area contributed by atoms with Gasteiger partial charge in [-0.15, -0.1) is 0 Å². The third kappa shape index (κ3) is 1.97. The van der Waals surface area contributed by atoms with Gasteiger partial charge in [0.15, 0.2) is 0 Å². The lowest BCUT2D eigenvalue weighted by molar-refractivity contribution is 0.763. The van der Waals surface area contributed by atoms with Gasteiger partial charge in [-0.1, -0.05) is 0 Å². The van der Waals surface area contributed by atoms with Crippen LogP contribution in [0.3, 0.4) is 0 Å². The summed E-state index contributed by atoms with van der Waals surface area (Å²) in [5.41, 5.74) is 1.06. The molecule has 0 spiro atoms. The van der Waals surface area contributed by atoms with Crippen molar-refractivity contribution < 1.29 is 0 Å². The second-order valence-corrected chi connectivity index (χ2v) is 2.53. The average molecular weight is 167 g/mol. The van der Waals surface area contributed by atoms with Crippen molar-refractivity contribution >= 4 is 17.4 Å². The minimum atomic E-state index is 0.0706. The molecular weight excluding hydrogens is 158 g/mol. The number of isothiocyanates is 1. The maximum Gasteiger partial charge on any atom is 0.0854 e. The van der Waals surface area contributed by atoms with Crippen LogP contribution in [0.5, 0.6) is 0 Å². The van der Waals surface area contributed by atoms with E-state index in [1.165, 1.54) is 0 Å². The second-order valence-electron chi connectivity index (χ2n) is 2.34. The lowest BCUT2D eigenvalue weighted by Gasteiger charge is -1.96. The van der Waals surface area contributed by atoms with Crippen LogP contribution >= 0.6 is 12.2 Å². The zero-order chi connectivity index (χ0) is 8.27. The highest BCUT2D eigenvalue weighted by Crippen LogP contribution is 2.13. The van der Waals surface area contributed by atoms with Crippen molar-refractivity contribution in [2.45, 2.75) is 13.0 Å². The lowest BCUT2D eigenvalue weighted by atomic mass is 10.2. The fraction of sp³-hybridized carbons (Fsp3) is 0.429. The highest BCUT2D eigenvalue weighted by atomic mass is 32.1. The van der Waals surface area contributed by atoms with Crippen LogP contribution in [0.1, 0.15) is 18.5 Å². The zero-order valence-electron chi connectivity index (χ0n) is 6.48. The van der Waals surface area contributed by atoms with Gasteiger partial charge in [0.05, 0.1) is 17.4 Å². The molecular formula is C7H9N3S. The van der Waals surface area contributed by atoms with Gasteiger partial charge in [0.2, 0.25) is 0 Å². The molecule has 4 heteroatoms. The van der Waals surface area contributed by atoms with E-state index in [-0.39, 0.29) is 6.04 Å². The molecule has 1 aromatic heterocycles. The van der Waals surface area contributed by atoms with E-state index in [1.54, 1.807) is 10.9 Å². The molecule has 1 rings (SSSR count). The van der Waals surface area contributed by atoms with Gasteiger partial charge in [-0.3, -0.25) is 4.68 Å². The molecule has 3 nitrogen and oxygen atoms in total. The maximum atomic E-state index is 4.49. The van der Waals surface area contributed by atoms with Crippen LogP contribution in [0.15, 0.2) is 17.4 Å². The number of aliphatic imine (C=N–C) groups is 1. The molecule has 0 radical (unpaired) electrons. The Bertz CT molecular complexity index is 286. The normalized spacial score (nSPS) is 12.2. The Balaban J connectivity index is 2.84. The predicted octanol–water partition coefficient (Wildman–Crippen LogP) is 1.58. The molecule has 0 saturated heterocycles. The molecule has 0 aromatic carbocycles. The summed E-state index contributed by atoms with van der Waals surface area (Å²) >= 11 is 4.49. The van der Waals surface area contributed by atoms with Crippen molar-refractivity contribution in [2.75, 3.05) is 0 Å². The Kier molecular flexibility index (Phi) is 2.52. The van der Waals surface area contributed by atoms with Crippen molar-refractivity contribution in [3.63, 3.8) is 0 Å². The summed E-state index contributed by atoms with van der Waals surface area (Å²) < 4.78 is 1.74. The number of aromatic nitrogens is 2. The van der Waals surface area contributed by atoms with Gasteiger partial charge in [0, 0.05) is 18.8 Å². The van der Waals surface area contributed by atoms with Gasteiger partial charge >= 0.3 is 0 Å². The standard InChI is InChI=1S/C7H9N3S/c1-6(8-5-11)7-3-9-10(2)4-7/h3-4,6H,1-2H3. The molecule has 58 valence electrons. The molecule has 1 unspecified atom stereocenters. The highest BCUT2D eigenvalue weighted by Gasteiger charge is 2.03. The van der Waals surface area contributed by atoms with E-state index in [4.69, 9.17) is 0 Å². The topological polar surface area (TPSA) is 30.2 Å². The molecule has 1 heterocycles. The summed E-state index contributed by atoms with van der Waals surface area (Å²) in [5.74, 6) is 0. The van der Waals surface area contributed by atoms with Crippen LogP contribution in [-0.4, -0.2) is 14.9 Å². The van der Waals surface area contributed by atoms with Gasteiger partial charge in [0.25, 0.3) is 0 Å². The van der Waals surface area contributed by atoms with E-state index < -0.39 is 0 Å². The SMILES string of the molecule is CC(N=C=S)c1cnn(C)c1. The molecule has 11 heavy (non-hydrogen) atoms. The predicted molar refractivity (Wildman–Crippen MR) is 46.6 cm³/mol. The number of rotatable bonds is 2. The first-order chi connectivity index (χ1) is 5.24. The first kappa shape index (κ1) is 8.11. The summed E-state index contributed by atoms with van der Waals surface area (Å²) in [6.45, 7) is 1.95. The van der Waals surface area contributed by atoms with E-state index in [9.17, 15) is 0 Å². The summed E-state index contributed by atoms with van der Waals surface area (Å²) in [7, 11) is 1.87. The van der Waals surface area contributed by atoms with Crippen molar-refractivity contribution in [3.05, 3.63) is 18.0 Å². The van der Waals surface area contributed by atoms with Crippen molar-refractivity contribution in [2.24, 2.45) is 12.0 Å². The number of nitrogens with zero attached hydrogens (tertiary/aromatic N) is 3. The molecule has 1 aromatic rings. The van der Waals surface area contributed by atoms with Gasteiger partial charge in [0.1, 0.15) is 0 Å². The average Bonchev–Trinajstić information content (AvgIpc) is 2.36. The maximum absolute atomic E-state index is 4.49. The number of thiocarbonyl (C=S) groups is 1. The molecule has 0 amide bonds. The van der Waals surface area contributed by atoms with Crippen molar-refractivity contribution in [1.29, 1.82) is 0 Å². The molecule has 1 atom stereocenters. The van der Waals surface area contributed by atoms with E-state index in [0.717, 1.165) is 5.56 Å². The smallest absolute Gasteiger partial charge is 0.0854 e. The fourth-order valence-corrected chi connectivity index (χ4v) is 0.968. The Morgan fingerprint density at radius 1 is 1.82 bits per heavy atom. The second kappa shape index (κ2) is 3.42. The Morgan fingerprint density at radius 2 is 2.55 bits per heavy atom. The van der Waals surface area contributed by atoms with Crippen LogP contribution in [-0.2, 0) is 7.05 Å². The monoisotopic (exact) mass is 167 g/mol. The van der Waals surface area contributed by atoms with Crippen molar-refractivity contribution in [1.82, 2.24) is 9.78 Å². The van der Waals surface area contributed by atoms with Crippen LogP contribution < -0.4 is 0 Å². The fourth-order valence-electron chi connectivity index (χ4n) is 0.809. The Morgan fingerprint density at radius 3 is 3.00 bits per heavy atom. The van der Waals surface area contributed by atoms with Crippen LogP contribution in [0.4, 0.5) is 0 Å². The minimum Gasteiger partial charge on any atom is -0.275 e. The molecule has 0 bridgehead atoms.